The number of hydrogen-bond donors (Lipinski definition) is 2. The van der Waals surface area contributed by atoms with Crippen LogP contribution in [0.1, 0.15) is 23.7 Å². The number of benzene rings is 2. The smallest absolute Gasteiger partial charge is 0.0492 e. The standard InChI is InChI=1S/C17H20N4/c1-21-16(10-11-19-21)8-9-17(20-18)15-7-6-13-4-2-3-5-14(13)12-15/h2-7,10-12,17,20H,8-9,18H2,1H3. The second-order valence-electron chi connectivity index (χ2n) is 5.31. The Bertz CT molecular complexity index is 732. The quantitative estimate of drug-likeness (QED) is 0.558. The van der Waals surface area contributed by atoms with E-state index in [1.807, 2.05) is 24.0 Å². The number of aryl methyl sites for hydroxylation is 2. The molecule has 0 aliphatic carbocycles. The second kappa shape index (κ2) is 6.08. The van der Waals surface area contributed by atoms with E-state index in [9.17, 15) is 0 Å². The molecule has 0 aliphatic heterocycles. The number of aromatic nitrogens is 2. The van der Waals surface area contributed by atoms with Gasteiger partial charge in [0.05, 0.1) is 0 Å². The van der Waals surface area contributed by atoms with Crippen molar-refractivity contribution in [3.05, 3.63) is 66.0 Å². The Balaban J connectivity index is 1.79. The summed E-state index contributed by atoms with van der Waals surface area (Å²) in [4.78, 5) is 0. The topological polar surface area (TPSA) is 55.9 Å². The van der Waals surface area contributed by atoms with Crippen molar-refractivity contribution in [1.29, 1.82) is 0 Å². The number of rotatable bonds is 5. The summed E-state index contributed by atoms with van der Waals surface area (Å²) in [6, 6.07) is 17.1. The molecule has 21 heavy (non-hydrogen) atoms. The van der Waals surface area contributed by atoms with Crippen LogP contribution in [-0.2, 0) is 13.5 Å². The molecule has 2 aromatic carbocycles. The molecule has 3 aromatic rings. The lowest BCUT2D eigenvalue weighted by Crippen LogP contribution is -2.28. The molecule has 3 rings (SSSR count). The van der Waals surface area contributed by atoms with E-state index < -0.39 is 0 Å². The molecule has 1 atom stereocenters. The molecule has 1 aromatic heterocycles. The molecule has 0 saturated heterocycles. The molecule has 0 bridgehead atoms. The molecule has 0 aliphatic rings. The predicted octanol–water partition coefficient (Wildman–Crippen LogP) is 2.71. The predicted molar refractivity (Wildman–Crippen MR) is 85.5 cm³/mol. The van der Waals surface area contributed by atoms with E-state index in [1.54, 1.807) is 0 Å². The monoisotopic (exact) mass is 280 g/mol. The fourth-order valence-corrected chi connectivity index (χ4v) is 2.71. The average Bonchev–Trinajstić information content (AvgIpc) is 2.93. The Labute approximate surface area is 124 Å². The SMILES string of the molecule is Cn1nccc1CCC(NN)c1ccc2ccccc2c1. The summed E-state index contributed by atoms with van der Waals surface area (Å²) in [6.07, 6.45) is 3.71. The molecule has 1 heterocycles. The molecule has 0 radical (unpaired) electrons. The van der Waals surface area contributed by atoms with Gasteiger partial charge in [0.2, 0.25) is 0 Å². The Morgan fingerprint density at radius 2 is 1.95 bits per heavy atom. The first kappa shape index (κ1) is 13.8. The molecular formula is C17H20N4. The summed E-state index contributed by atoms with van der Waals surface area (Å²) in [5, 5.41) is 6.70. The number of nitrogens with zero attached hydrogens (tertiary/aromatic N) is 2. The second-order valence-corrected chi connectivity index (χ2v) is 5.31. The molecule has 3 N–H and O–H groups in total. The normalized spacial score (nSPS) is 12.7. The third-order valence-electron chi connectivity index (χ3n) is 3.99. The zero-order chi connectivity index (χ0) is 14.7. The largest absolute Gasteiger partial charge is 0.273 e. The Kier molecular flexibility index (Phi) is 3.99. The van der Waals surface area contributed by atoms with Crippen LogP contribution >= 0.6 is 0 Å². The molecule has 0 fully saturated rings. The van der Waals surface area contributed by atoms with E-state index in [2.05, 4.69) is 53.0 Å². The molecule has 1 unspecified atom stereocenters. The van der Waals surface area contributed by atoms with Gasteiger partial charge in [-0.3, -0.25) is 16.0 Å². The van der Waals surface area contributed by atoms with E-state index in [0.29, 0.717) is 0 Å². The minimum absolute atomic E-state index is 0.143. The van der Waals surface area contributed by atoms with Crippen LogP contribution in [0.3, 0.4) is 0 Å². The van der Waals surface area contributed by atoms with Crippen LogP contribution in [0, 0.1) is 0 Å². The first-order chi connectivity index (χ1) is 10.3. The summed E-state index contributed by atoms with van der Waals surface area (Å²) in [5.41, 5.74) is 5.37. The van der Waals surface area contributed by atoms with E-state index in [1.165, 1.54) is 22.0 Å². The van der Waals surface area contributed by atoms with Gasteiger partial charge in [-0.1, -0.05) is 36.4 Å². The van der Waals surface area contributed by atoms with Crippen LogP contribution in [0.5, 0.6) is 0 Å². The lowest BCUT2D eigenvalue weighted by atomic mass is 9.98. The Morgan fingerprint density at radius 3 is 2.67 bits per heavy atom. The van der Waals surface area contributed by atoms with Gasteiger partial charge in [0.1, 0.15) is 0 Å². The van der Waals surface area contributed by atoms with Crippen molar-refractivity contribution >= 4 is 10.8 Å². The number of fused-ring (bicyclic) bond motifs is 1. The van der Waals surface area contributed by atoms with Crippen molar-refractivity contribution in [2.75, 3.05) is 0 Å². The molecular weight excluding hydrogens is 260 g/mol. The van der Waals surface area contributed by atoms with Crippen molar-refractivity contribution in [3.63, 3.8) is 0 Å². The van der Waals surface area contributed by atoms with Gasteiger partial charge in [-0.05, 0) is 41.3 Å². The van der Waals surface area contributed by atoms with Gasteiger partial charge in [0.15, 0.2) is 0 Å². The summed E-state index contributed by atoms with van der Waals surface area (Å²) >= 11 is 0. The highest BCUT2D eigenvalue weighted by Crippen LogP contribution is 2.23. The fourth-order valence-electron chi connectivity index (χ4n) is 2.71. The van der Waals surface area contributed by atoms with Gasteiger partial charge in [0, 0.05) is 25.0 Å². The molecule has 4 heteroatoms. The molecule has 0 saturated carbocycles. The zero-order valence-electron chi connectivity index (χ0n) is 12.2. The highest BCUT2D eigenvalue weighted by atomic mass is 15.3. The summed E-state index contributed by atoms with van der Waals surface area (Å²) in [5.74, 6) is 5.75. The van der Waals surface area contributed by atoms with E-state index in [4.69, 9.17) is 5.84 Å². The highest BCUT2D eigenvalue weighted by molar-refractivity contribution is 5.83. The third kappa shape index (κ3) is 2.96. The lowest BCUT2D eigenvalue weighted by molar-refractivity contribution is 0.507. The van der Waals surface area contributed by atoms with Crippen LogP contribution in [0.15, 0.2) is 54.7 Å². The molecule has 0 spiro atoms. The van der Waals surface area contributed by atoms with E-state index in [0.717, 1.165) is 12.8 Å². The van der Waals surface area contributed by atoms with Gasteiger partial charge in [-0.25, -0.2) is 0 Å². The number of nitrogens with two attached hydrogens (primary N) is 1. The number of nitrogens with one attached hydrogen (secondary N) is 1. The van der Waals surface area contributed by atoms with Crippen molar-refractivity contribution in [1.82, 2.24) is 15.2 Å². The summed E-state index contributed by atoms with van der Waals surface area (Å²) in [6.45, 7) is 0. The first-order valence-electron chi connectivity index (χ1n) is 7.19. The first-order valence-corrected chi connectivity index (χ1v) is 7.19. The van der Waals surface area contributed by atoms with Gasteiger partial charge in [-0.2, -0.15) is 5.10 Å². The van der Waals surface area contributed by atoms with Crippen molar-refractivity contribution in [3.8, 4) is 0 Å². The van der Waals surface area contributed by atoms with E-state index in [-0.39, 0.29) is 6.04 Å². The maximum Gasteiger partial charge on any atom is 0.0492 e. The maximum atomic E-state index is 5.75. The average molecular weight is 280 g/mol. The number of hydrogen-bond acceptors (Lipinski definition) is 3. The Morgan fingerprint density at radius 1 is 1.14 bits per heavy atom. The molecule has 0 amide bonds. The molecule has 108 valence electrons. The maximum absolute atomic E-state index is 5.75. The lowest BCUT2D eigenvalue weighted by Gasteiger charge is -2.17. The minimum atomic E-state index is 0.143. The van der Waals surface area contributed by atoms with Crippen LogP contribution in [0.25, 0.3) is 10.8 Å². The summed E-state index contributed by atoms with van der Waals surface area (Å²) < 4.78 is 1.91. The Hall–Kier alpha value is -2.17. The fraction of sp³-hybridized carbons (Fsp3) is 0.235. The number of hydrazine groups is 1. The van der Waals surface area contributed by atoms with Crippen molar-refractivity contribution < 1.29 is 0 Å². The van der Waals surface area contributed by atoms with Crippen LogP contribution in [0.2, 0.25) is 0 Å². The highest BCUT2D eigenvalue weighted by Gasteiger charge is 2.11. The summed E-state index contributed by atoms with van der Waals surface area (Å²) in [7, 11) is 1.97. The van der Waals surface area contributed by atoms with Gasteiger partial charge >= 0.3 is 0 Å². The van der Waals surface area contributed by atoms with E-state index >= 15 is 0 Å². The van der Waals surface area contributed by atoms with Crippen LogP contribution < -0.4 is 11.3 Å². The van der Waals surface area contributed by atoms with Crippen LogP contribution in [-0.4, -0.2) is 9.78 Å². The molecule has 4 nitrogen and oxygen atoms in total. The van der Waals surface area contributed by atoms with Crippen molar-refractivity contribution in [2.24, 2.45) is 12.9 Å². The zero-order valence-corrected chi connectivity index (χ0v) is 12.2. The van der Waals surface area contributed by atoms with Crippen molar-refractivity contribution in [2.45, 2.75) is 18.9 Å². The van der Waals surface area contributed by atoms with Gasteiger partial charge in [0.25, 0.3) is 0 Å². The van der Waals surface area contributed by atoms with Gasteiger partial charge < -0.3 is 0 Å². The third-order valence-corrected chi connectivity index (χ3v) is 3.99. The van der Waals surface area contributed by atoms with Crippen LogP contribution in [0.4, 0.5) is 0 Å². The minimum Gasteiger partial charge on any atom is -0.273 e. The van der Waals surface area contributed by atoms with Gasteiger partial charge in [-0.15, -0.1) is 0 Å².